The minimum atomic E-state index is -0.402. The molecule has 0 spiro atoms. The number of hydrazine groups is 1. The van der Waals surface area contributed by atoms with Crippen molar-refractivity contribution in [3.8, 4) is 5.75 Å². The Morgan fingerprint density at radius 2 is 1.81 bits per heavy atom. The van der Waals surface area contributed by atoms with Crippen molar-refractivity contribution in [3.63, 3.8) is 0 Å². The van der Waals surface area contributed by atoms with Crippen LogP contribution in [0.4, 0.5) is 5.69 Å². The zero-order valence-corrected chi connectivity index (χ0v) is 15.9. The van der Waals surface area contributed by atoms with Crippen LogP contribution in [0.2, 0.25) is 10.0 Å². The molecule has 0 radical (unpaired) electrons. The molecule has 0 fully saturated rings. The maximum Gasteiger partial charge on any atom is 0.269 e. The molecule has 0 aliphatic rings. The highest BCUT2D eigenvalue weighted by atomic mass is 35.5. The molecule has 0 unspecified atom stereocenters. The molecule has 2 N–H and O–H groups in total. The third kappa shape index (κ3) is 5.54. The minimum Gasteiger partial charge on any atom is -0.491 e. The van der Waals surface area contributed by atoms with Crippen molar-refractivity contribution >= 4 is 40.7 Å². The minimum absolute atomic E-state index is 0.0425. The largest absolute Gasteiger partial charge is 0.491 e. The normalized spacial score (nSPS) is 10.2. The van der Waals surface area contributed by atoms with Gasteiger partial charge in [0.25, 0.3) is 5.91 Å². The summed E-state index contributed by atoms with van der Waals surface area (Å²) in [5, 5.41) is 0.671. The lowest BCUT2D eigenvalue weighted by Crippen LogP contribution is -2.42. The lowest BCUT2D eigenvalue weighted by molar-refractivity contribution is -0.122. The van der Waals surface area contributed by atoms with Gasteiger partial charge in [-0.2, -0.15) is 0 Å². The zero-order valence-electron chi connectivity index (χ0n) is 14.4. The van der Waals surface area contributed by atoms with Gasteiger partial charge in [0, 0.05) is 25.3 Å². The van der Waals surface area contributed by atoms with E-state index in [0.29, 0.717) is 21.4 Å². The Balaban J connectivity index is 1.79. The molecule has 2 rings (SSSR count). The molecule has 2 amide bonds. The summed E-state index contributed by atoms with van der Waals surface area (Å²) in [6.07, 6.45) is 0.0425. The van der Waals surface area contributed by atoms with Gasteiger partial charge in [0.05, 0.1) is 18.1 Å². The van der Waals surface area contributed by atoms with Crippen molar-refractivity contribution in [3.05, 3.63) is 58.1 Å². The number of carbonyl (C=O) groups is 2. The molecule has 2 aromatic carbocycles. The van der Waals surface area contributed by atoms with Crippen molar-refractivity contribution in [1.29, 1.82) is 0 Å². The number of ether oxygens (including phenoxy) is 1. The summed E-state index contributed by atoms with van der Waals surface area (Å²) >= 11 is 11.9. The average Bonchev–Trinajstić information content (AvgIpc) is 2.63. The zero-order chi connectivity index (χ0) is 19.1. The number of hydrogen-bond acceptors (Lipinski definition) is 4. The predicted octanol–water partition coefficient (Wildman–Crippen LogP) is 3.29. The predicted molar refractivity (Wildman–Crippen MR) is 103 cm³/mol. The molecular weight excluding hydrogens is 377 g/mol. The molecular formula is C18H19Cl2N3O3. The Morgan fingerprint density at radius 3 is 2.54 bits per heavy atom. The second-order valence-corrected chi connectivity index (χ2v) is 6.38. The van der Waals surface area contributed by atoms with Crippen molar-refractivity contribution in [2.45, 2.75) is 6.42 Å². The van der Waals surface area contributed by atoms with Gasteiger partial charge in [-0.1, -0.05) is 35.3 Å². The molecule has 0 saturated heterocycles. The van der Waals surface area contributed by atoms with Gasteiger partial charge in [0.1, 0.15) is 10.8 Å². The van der Waals surface area contributed by atoms with Crippen molar-refractivity contribution in [2.24, 2.45) is 0 Å². The van der Waals surface area contributed by atoms with Gasteiger partial charge in [-0.05, 0) is 30.3 Å². The SMILES string of the molecule is CN(C)c1cccc(C(=O)NNC(=O)CCOc2cccc(Cl)c2Cl)c1. The number of hydrogen-bond donors (Lipinski definition) is 2. The number of nitrogens with zero attached hydrogens (tertiary/aromatic N) is 1. The van der Waals surface area contributed by atoms with Crippen LogP contribution in [0.25, 0.3) is 0 Å². The number of amides is 2. The van der Waals surface area contributed by atoms with E-state index >= 15 is 0 Å². The van der Waals surface area contributed by atoms with Crippen molar-refractivity contribution in [2.75, 3.05) is 25.6 Å². The topological polar surface area (TPSA) is 70.7 Å². The van der Waals surface area contributed by atoms with Gasteiger partial charge < -0.3 is 9.64 Å². The Bertz CT molecular complexity index is 797. The summed E-state index contributed by atoms with van der Waals surface area (Å²) in [5.74, 6) is -0.391. The maximum atomic E-state index is 12.1. The van der Waals surface area contributed by atoms with Crippen LogP contribution in [-0.4, -0.2) is 32.5 Å². The highest BCUT2D eigenvalue weighted by Crippen LogP contribution is 2.31. The summed E-state index contributed by atoms with van der Waals surface area (Å²) in [6, 6.07) is 12.1. The van der Waals surface area contributed by atoms with Crippen LogP contribution < -0.4 is 20.5 Å². The lowest BCUT2D eigenvalue weighted by atomic mass is 10.2. The smallest absolute Gasteiger partial charge is 0.269 e. The van der Waals surface area contributed by atoms with E-state index in [9.17, 15) is 9.59 Å². The van der Waals surface area contributed by atoms with Gasteiger partial charge in [-0.15, -0.1) is 0 Å². The highest BCUT2D eigenvalue weighted by molar-refractivity contribution is 6.42. The summed E-state index contributed by atoms with van der Waals surface area (Å²) in [4.78, 5) is 25.8. The molecule has 0 heterocycles. The summed E-state index contributed by atoms with van der Waals surface area (Å²) in [5.41, 5.74) is 6.05. The first-order chi connectivity index (χ1) is 12.4. The first kappa shape index (κ1) is 19.9. The first-order valence-electron chi connectivity index (χ1n) is 7.82. The second kappa shape index (κ2) is 9.31. The van der Waals surface area contributed by atoms with Crippen LogP contribution in [0.3, 0.4) is 0 Å². The van der Waals surface area contributed by atoms with E-state index in [1.54, 1.807) is 36.4 Å². The molecule has 138 valence electrons. The fourth-order valence-corrected chi connectivity index (χ4v) is 2.38. The molecule has 0 aromatic heterocycles. The number of anilines is 1. The Morgan fingerprint density at radius 1 is 1.08 bits per heavy atom. The van der Waals surface area contributed by atoms with Crippen LogP contribution >= 0.6 is 23.2 Å². The van der Waals surface area contributed by atoms with Crippen molar-refractivity contribution in [1.82, 2.24) is 10.9 Å². The second-order valence-electron chi connectivity index (χ2n) is 5.60. The molecule has 0 atom stereocenters. The third-order valence-electron chi connectivity index (χ3n) is 3.44. The molecule has 0 saturated carbocycles. The Labute approximate surface area is 162 Å². The van der Waals surface area contributed by atoms with E-state index in [4.69, 9.17) is 27.9 Å². The quantitative estimate of drug-likeness (QED) is 0.736. The van der Waals surface area contributed by atoms with Crippen molar-refractivity contribution < 1.29 is 14.3 Å². The number of carbonyl (C=O) groups excluding carboxylic acids is 2. The third-order valence-corrected chi connectivity index (χ3v) is 4.24. The van der Waals surface area contributed by atoms with Crippen LogP contribution in [-0.2, 0) is 4.79 Å². The van der Waals surface area contributed by atoms with Crippen LogP contribution in [0.15, 0.2) is 42.5 Å². The fourth-order valence-electron chi connectivity index (χ4n) is 2.04. The van der Waals surface area contributed by atoms with Crippen LogP contribution in [0, 0.1) is 0 Å². The fraction of sp³-hybridized carbons (Fsp3) is 0.222. The number of rotatable bonds is 6. The average molecular weight is 396 g/mol. The molecule has 0 bridgehead atoms. The Kier molecular flexibility index (Phi) is 7.12. The monoisotopic (exact) mass is 395 g/mol. The van der Waals surface area contributed by atoms with Crippen LogP contribution in [0.5, 0.6) is 5.75 Å². The van der Waals surface area contributed by atoms with E-state index < -0.39 is 5.91 Å². The van der Waals surface area contributed by atoms with E-state index in [1.165, 1.54) is 0 Å². The number of halogens is 2. The summed E-state index contributed by atoms with van der Waals surface area (Å²) in [7, 11) is 3.76. The van der Waals surface area contributed by atoms with E-state index in [-0.39, 0.29) is 18.9 Å². The number of nitrogens with one attached hydrogen (secondary N) is 2. The molecule has 0 aliphatic heterocycles. The van der Waals surface area contributed by atoms with Gasteiger partial charge >= 0.3 is 0 Å². The molecule has 2 aromatic rings. The van der Waals surface area contributed by atoms with Gasteiger partial charge in [-0.25, -0.2) is 0 Å². The van der Waals surface area contributed by atoms with Gasteiger partial charge in [0.15, 0.2) is 0 Å². The molecule has 8 heteroatoms. The van der Waals surface area contributed by atoms with Gasteiger partial charge in [-0.3, -0.25) is 20.4 Å². The summed E-state index contributed by atoms with van der Waals surface area (Å²) < 4.78 is 5.43. The lowest BCUT2D eigenvalue weighted by Gasteiger charge is -2.14. The summed E-state index contributed by atoms with van der Waals surface area (Å²) in [6.45, 7) is 0.0951. The molecule has 0 aliphatic carbocycles. The van der Waals surface area contributed by atoms with E-state index in [2.05, 4.69) is 10.9 Å². The maximum absolute atomic E-state index is 12.1. The standard InChI is InChI=1S/C18H19Cl2N3O3/c1-23(2)13-6-3-5-12(11-13)18(25)22-21-16(24)9-10-26-15-8-4-7-14(19)17(15)20/h3-8,11H,9-10H2,1-2H3,(H,21,24)(H,22,25). The molecule has 26 heavy (non-hydrogen) atoms. The highest BCUT2D eigenvalue weighted by Gasteiger charge is 2.10. The van der Waals surface area contributed by atoms with E-state index in [1.807, 2.05) is 25.1 Å². The van der Waals surface area contributed by atoms with Crippen LogP contribution in [0.1, 0.15) is 16.8 Å². The molecule has 6 nitrogen and oxygen atoms in total. The Hall–Kier alpha value is -2.44. The number of benzene rings is 2. The van der Waals surface area contributed by atoms with Gasteiger partial charge in [0.2, 0.25) is 5.91 Å². The van der Waals surface area contributed by atoms with E-state index in [0.717, 1.165) is 5.69 Å². The first-order valence-corrected chi connectivity index (χ1v) is 8.57.